The van der Waals surface area contributed by atoms with Crippen LogP contribution >= 0.6 is 22.9 Å². The number of hydrogen-bond acceptors (Lipinski definition) is 4. The summed E-state index contributed by atoms with van der Waals surface area (Å²) in [5.74, 6) is -0.0907. The van der Waals surface area contributed by atoms with E-state index in [9.17, 15) is 9.59 Å². The first-order chi connectivity index (χ1) is 12.0. The minimum atomic E-state index is -0.401. The first kappa shape index (κ1) is 18.0. The Balaban J connectivity index is 1.96. The second-order valence-corrected chi connectivity index (χ2v) is 7.66. The van der Waals surface area contributed by atoms with Crippen molar-refractivity contribution in [3.05, 3.63) is 50.9 Å². The molecule has 0 fully saturated rings. The molecule has 1 aromatic carbocycles. The third-order valence-corrected chi connectivity index (χ3v) is 6.18. The van der Waals surface area contributed by atoms with Gasteiger partial charge >= 0.3 is 5.97 Å². The van der Waals surface area contributed by atoms with Crippen molar-refractivity contribution in [2.45, 2.75) is 32.6 Å². The number of thiophene rings is 1. The highest BCUT2D eigenvalue weighted by Crippen LogP contribution is 2.41. The number of carbonyl (C=O) groups is 2. The number of rotatable bonds is 4. The van der Waals surface area contributed by atoms with E-state index >= 15 is 0 Å². The normalized spacial score (nSPS) is 16.2. The smallest absolute Gasteiger partial charge is 0.341 e. The lowest BCUT2D eigenvalue weighted by Crippen LogP contribution is -2.16. The third-order valence-electron chi connectivity index (χ3n) is 4.68. The molecule has 0 aliphatic heterocycles. The Bertz CT molecular complexity index is 815. The Morgan fingerprint density at radius 1 is 1.36 bits per heavy atom. The molecule has 0 saturated carbocycles. The number of halogens is 1. The van der Waals surface area contributed by atoms with Crippen molar-refractivity contribution < 1.29 is 14.3 Å². The number of esters is 1. The van der Waals surface area contributed by atoms with Gasteiger partial charge in [0, 0.05) is 4.88 Å². The lowest BCUT2D eigenvalue weighted by Gasteiger charge is -2.20. The highest BCUT2D eigenvalue weighted by molar-refractivity contribution is 7.17. The number of benzene rings is 1. The second-order valence-electron chi connectivity index (χ2n) is 6.15. The quantitative estimate of drug-likeness (QED) is 0.766. The Hall–Kier alpha value is -1.85. The van der Waals surface area contributed by atoms with Gasteiger partial charge in [-0.25, -0.2) is 4.79 Å². The molecule has 0 saturated heterocycles. The molecular weight excluding hydrogens is 358 g/mol. The Labute approximate surface area is 156 Å². The van der Waals surface area contributed by atoms with E-state index in [2.05, 4.69) is 12.2 Å². The maximum absolute atomic E-state index is 12.6. The van der Waals surface area contributed by atoms with Gasteiger partial charge in [-0.3, -0.25) is 4.79 Å². The van der Waals surface area contributed by atoms with Crippen LogP contribution in [0, 0.1) is 5.92 Å². The molecule has 1 aliphatic rings. The number of anilines is 1. The van der Waals surface area contributed by atoms with Crippen LogP contribution in [0.5, 0.6) is 0 Å². The maximum atomic E-state index is 12.6. The second kappa shape index (κ2) is 7.58. The van der Waals surface area contributed by atoms with Crippen molar-refractivity contribution in [1.29, 1.82) is 0 Å². The zero-order chi connectivity index (χ0) is 18.0. The number of ether oxygens (including phenoxy) is 1. The van der Waals surface area contributed by atoms with Crippen LogP contribution in [0.25, 0.3) is 0 Å². The Morgan fingerprint density at radius 2 is 2.12 bits per heavy atom. The highest BCUT2D eigenvalue weighted by atomic mass is 35.5. The number of nitrogens with one attached hydrogen (secondary N) is 1. The zero-order valence-corrected chi connectivity index (χ0v) is 15.8. The van der Waals surface area contributed by atoms with E-state index in [0.29, 0.717) is 27.1 Å². The fourth-order valence-electron chi connectivity index (χ4n) is 3.22. The molecule has 1 unspecified atom stereocenters. The van der Waals surface area contributed by atoms with Gasteiger partial charge in [0.25, 0.3) is 5.91 Å². The van der Waals surface area contributed by atoms with Crippen molar-refractivity contribution in [1.82, 2.24) is 0 Å². The number of hydrogen-bond donors (Lipinski definition) is 1. The number of fused-ring (bicyclic) bond motifs is 1. The molecule has 3 rings (SSSR count). The maximum Gasteiger partial charge on any atom is 0.341 e. The van der Waals surface area contributed by atoms with Gasteiger partial charge in [0.05, 0.1) is 23.3 Å². The van der Waals surface area contributed by atoms with Gasteiger partial charge in [-0.15, -0.1) is 11.3 Å². The van der Waals surface area contributed by atoms with Gasteiger partial charge in [0.2, 0.25) is 0 Å². The molecule has 1 atom stereocenters. The van der Waals surface area contributed by atoms with Gasteiger partial charge in [0.1, 0.15) is 5.00 Å². The summed E-state index contributed by atoms with van der Waals surface area (Å²) in [7, 11) is 1.36. The van der Waals surface area contributed by atoms with Crippen molar-refractivity contribution in [2.75, 3.05) is 12.4 Å². The average Bonchev–Trinajstić information content (AvgIpc) is 2.98. The summed E-state index contributed by atoms with van der Waals surface area (Å²) in [4.78, 5) is 26.1. The summed E-state index contributed by atoms with van der Waals surface area (Å²) < 4.78 is 4.96. The summed E-state index contributed by atoms with van der Waals surface area (Å²) >= 11 is 7.58. The molecule has 1 aliphatic carbocycles. The lowest BCUT2D eigenvalue weighted by molar-refractivity contribution is 0.0601. The monoisotopic (exact) mass is 377 g/mol. The van der Waals surface area contributed by atoms with Crippen LogP contribution in [0.4, 0.5) is 5.00 Å². The molecule has 6 heteroatoms. The lowest BCUT2D eigenvalue weighted by atomic mass is 9.85. The first-order valence-corrected chi connectivity index (χ1v) is 9.53. The molecule has 1 heterocycles. The third kappa shape index (κ3) is 3.58. The molecule has 4 nitrogen and oxygen atoms in total. The molecule has 2 aromatic rings. The van der Waals surface area contributed by atoms with Crippen LogP contribution < -0.4 is 5.32 Å². The van der Waals surface area contributed by atoms with E-state index in [0.717, 1.165) is 31.2 Å². The van der Waals surface area contributed by atoms with Crippen molar-refractivity contribution in [3.8, 4) is 0 Å². The van der Waals surface area contributed by atoms with E-state index < -0.39 is 5.97 Å². The van der Waals surface area contributed by atoms with Crippen LogP contribution in [-0.4, -0.2) is 19.0 Å². The van der Waals surface area contributed by atoms with Crippen LogP contribution in [0.15, 0.2) is 24.3 Å². The van der Waals surface area contributed by atoms with Gasteiger partial charge in [-0.2, -0.15) is 0 Å². The van der Waals surface area contributed by atoms with E-state index in [1.807, 2.05) is 0 Å². The zero-order valence-electron chi connectivity index (χ0n) is 14.2. The summed E-state index contributed by atoms with van der Waals surface area (Å²) in [5.41, 5.74) is 1.91. The molecule has 1 amide bonds. The number of carbonyl (C=O) groups excluding carboxylic acids is 2. The minimum absolute atomic E-state index is 0.318. The molecule has 0 spiro atoms. The van der Waals surface area contributed by atoms with Crippen molar-refractivity contribution in [3.63, 3.8) is 0 Å². The summed E-state index contributed by atoms with van der Waals surface area (Å²) in [6.07, 6.45) is 3.97. The van der Waals surface area contributed by atoms with E-state index in [4.69, 9.17) is 16.3 Å². The van der Waals surface area contributed by atoms with Gasteiger partial charge in [0.15, 0.2) is 0 Å². The predicted molar refractivity (Wildman–Crippen MR) is 101 cm³/mol. The van der Waals surface area contributed by atoms with Crippen LogP contribution in [0.3, 0.4) is 0 Å². The predicted octanol–water partition coefficient (Wildman–Crippen LogP) is 4.96. The summed E-state index contributed by atoms with van der Waals surface area (Å²) in [6.45, 7) is 2.19. The van der Waals surface area contributed by atoms with E-state index in [1.165, 1.54) is 23.3 Å². The summed E-state index contributed by atoms with van der Waals surface area (Å²) in [6, 6.07) is 6.86. The van der Waals surface area contributed by atoms with Gasteiger partial charge in [-0.1, -0.05) is 37.1 Å². The van der Waals surface area contributed by atoms with Gasteiger partial charge in [-0.05, 0) is 42.9 Å². The number of methoxy groups -OCH3 is 1. The Morgan fingerprint density at radius 3 is 2.80 bits per heavy atom. The largest absolute Gasteiger partial charge is 0.465 e. The SMILES string of the molecule is CCC1CCc2c(sc(NC(=O)c3ccccc3Cl)c2C(=O)OC)C1. The molecule has 0 bridgehead atoms. The fourth-order valence-corrected chi connectivity index (χ4v) is 4.79. The highest BCUT2D eigenvalue weighted by Gasteiger charge is 2.29. The minimum Gasteiger partial charge on any atom is -0.465 e. The topological polar surface area (TPSA) is 55.4 Å². The standard InChI is InChI=1S/C19H20ClNO3S/c1-3-11-8-9-13-15(10-11)25-18(16(13)19(23)24-2)21-17(22)12-6-4-5-7-14(12)20/h4-7,11H,3,8-10H2,1-2H3,(H,21,22). The summed E-state index contributed by atoms with van der Waals surface area (Å²) in [5, 5.41) is 3.80. The molecule has 1 N–H and O–H groups in total. The fraction of sp³-hybridized carbons (Fsp3) is 0.368. The molecule has 1 aromatic heterocycles. The van der Waals surface area contributed by atoms with Crippen molar-refractivity contribution in [2.24, 2.45) is 5.92 Å². The Kier molecular flexibility index (Phi) is 5.45. The van der Waals surface area contributed by atoms with Crippen molar-refractivity contribution >= 4 is 39.8 Å². The van der Waals surface area contributed by atoms with Gasteiger partial charge < -0.3 is 10.1 Å². The van der Waals surface area contributed by atoms with E-state index in [1.54, 1.807) is 24.3 Å². The molecule has 0 radical (unpaired) electrons. The van der Waals surface area contributed by atoms with Crippen LogP contribution in [0.2, 0.25) is 5.02 Å². The molecule has 25 heavy (non-hydrogen) atoms. The van der Waals surface area contributed by atoms with Crippen LogP contribution in [-0.2, 0) is 17.6 Å². The first-order valence-electron chi connectivity index (χ1n) is 8.33. The molecule has 132 valence electrons. The number of amides is 1. The van der Waals surface area contributed by atoms with Crippen LogP contribution in [0.1, 0.15) is 50.9 Å². The molecular formula is C19H20ClNO3S. The average molecular weight is 378 g/mol. The van der Waals surface area contributed by atoms with E-state index in [-0.39, 0.29) is 5.91 Å².